The van der Waals surface area contributed by atoms with Crippen molar-refractivity contribution in [2.45, 2.75) is 24.2 Å². The molecule has 4 rings (SSSR count). The van der Waals surface area contributed by atoms with Crippen LogP contribution in [0.1, 0.15) is 16.9 Å². The van der Waals surface area contributed by atoms with Gasteiger partial charge in [-0.05, 0) is 48.0 Å². The molecule has 0 aliphatic rings. The van der Waals surface area contributed by atoms with Crippen LogP contribution >= 0.6 is 0 Å². The topological polar surface area (TPSA) is 107 Å². The van der Waals surface area contributed by atoms with Gasteiger partial charge in [-0.15, -0.1) is 0 Å². The van der Waals surface area contributed by atoms with Gasteiger partial charge >= 0.3 is 22.3 Å². The summed E-state index contributed by atoms with van der Waals surface area (Å²) in [6, 6.07) is 16.9. The molecule has 0 aliphatic carbocycles. The van der Waals surface area contributed by atoms with Crippen LogP contribution in [0.15, 0.2) is 94.4 Å². The van der Waals surface area contributed by atoms with Crippen molar-refractivity contribution in [3.05, 3.63) is 102 Å². The highest BCUT2D eigenvalue weighted by Crippen LogP contribution is 2.31. The van der Waals surface area contributed by atoms with Crippen LogP contribution in [0.5, 0.6) is 17.2 Å². The largest absolute Gasteiger partial charge is 0.497 e. The predicted molar refractivity (Wildman–Crippen MR) is 142 cm³/mol. The number of hydrogen-bond acceptors (Lipinski definition) is 7. The summed E-state index contributed by atoms with van der Waals surface area (Å²) >= 11 is 0. The molecular weight excluding hydrogens is 565 g/mol. The van der Waals surface area contributed by atoms with Gasteiger partial charge in [-0.25, -0.2) is 4.79 Å². The maximum atomic E-state index is 13.3. The monoisotopic (exact) mass is 590 g/mol. The first-order valence-electron chi connectivity index (χ1n) is 12.0. The summed E-state index contributed by atoms with van der Waals surface area (Å²) in [6.07, 6.45) is -3.23. The van der Waals surface area contributed by atoms with Crippen LogP contribution in [0.4, 0.5) is 23.7 Å². The van der Waals surface area contributed by atoms with E-state index < -0.39 is 32.8 Å². The molecule has 0 saturated carbocycles. The van der Waals surface area contributed by atoms with E-state index in [0.717, 1.165) is 18.2 Å². The summed E-state index contributed by atoms with van der Waals surface area (Å²) in [7, 11) is -1.56. The van der Waals surface area contributed by atoms with Crippen LogP contribution in [0, 0.1) is 0 Å². The summed E-state index contributed by atoms with van der Waals surface area (Å²) in [5.74, 6) is 1.37. The molecule has 216 valence electrons. The summed E-state index contributed by atoms with van der Waals surface area (Å²) in [5.41, 5.74) is -0.0715. The lowest BCUT2D eigenvalue weighted by molar-refractivity contribution is -0.137. The Kier molecular flexibility index (Phi) is 8.77. The van der Waals surface area contributed by atoms with Gasteiger partial charge in [-0.3, -0.25) is 0 Å². The number of urea groups is 1. The smallest absolute Gasteiger partial charge is 0.416 e. The Morgan fingerprint density at radius 3 is 2.15 bits per heavy atom. The number of anilines is 1. The molecule has 0 saturated heterocycles. The molecule has 0 fully saturated rings. The molecule has 9 nitrogen and oxygen atoms in total. The Morgan fingerprint density at radius 1 is 0.878 bits per heavy atom. The predicted octanol–water partition coefficient (Wildman–Crippen LogP) is 6.32. The summed E-state index contributed by atoms with van der Waals surface area (Å²) < 4.78 is 85.2. The Labute approximate surface area is 234 Å². The Hall–Kier alpha value is -4.65. The molecule has 0 unspecified atom stereocenters. The molecule has 4 aromatic rings. The first kappa shape index (κ1) is 29.3. The zero-order valence-electron chi connectivity index (χ0n) is 21.8. The van der Waals surface area contributed by atoms with Gasteiger partial charge in [-0.1, -0.05) is 18.2 Å². The van der Waals surface area contributed by atoms with E-state index in [2.05, 4.69) is 5.32 Å². The summed E-state index contributed by atoms with van der Waals surface area (Å²) in [6.45, 7) is 0.205. The van der Waals surface area contributed by atoms with E-state index in [1.807, 2.05) is 0 Å². The standard InChI is InChI=1S/C28H25F3N2O7S/c1-37-24-14-21(15-25(16-24)38-2)32-27(34)33(18-23-6-4-12-39-23)17-19-8-10-22(11-9-19)40-41(35,36)26-7-3-5-20(13-26)28(29,30)31/h3-16H,17-18H2,1-2H3,(H,32,34). The van der Waals surface area contributed by atoms with Crippen molar-refractivity contribution in [2.24, 2.45) is 0 Å². The third-order valence-corrected chi connectivity index (χ3v) is 7.01. The maximum Gasteiger partial charge on any atom is 0.416 e. The minimum atomic E-state index is -4.71. The van der Waals surface area contributed by atoms with Crippen LogP contribution in [-0.2, 0) is 29.4 Å². The second kappa shape index (κ2) is 12.3. The van der Waals surface area contributed by atoms with Crippen molar-refractivity contribution in [2.75, 3.05) is 19.5 Å². The number of hydrogen-bond donors (Lipinski definition) is 1. The first-order valence-corrected chi connectivity index (χ1v) is 13.4. The molecule has 0 bridgehead atoms. The molecule has 0 atom stereocenters. The fourth-order valence-electron chi connectivity index (χ4n) is 3.75. The number of amides is 2. The van der Waals surface area contributed by atoms with Crippen molar-refractivity contribution < 1.29 is 44.5 Å². The minimum absolute atomic E-state index is 0.0916. The van der Waals surface area contributed by atoms with E-state index in [0.29, 0.717) is 34.6 Å². The molecule has 41 heavy (non-hydrogen) atoms. The average molecular weight is 591 g/mol. The number of nitrogens with zero attached hydrogens (tertiary/aromatic N) is 1. The van der Waals surface area contributed by atoms with E-state index in [1.54, 1.807) is 30.3 Å². The van der Waals surface area contributed by atoms with E-state index in [4.69, 9.17) is 18.1 Å². The number of carbonyl (C=O) groups is 1. The number of rotatable bonds is 10. The van der Waals surface area contributed by atoms with Crippen molar-refractivity contribution in [1.82, 2.24) is 4.90 Å². The molecule has 0 radical (unpaired) electrons. The van der Waals surface area contributed by atoms with Crippen molar-refractivity contribution in [3.63, 3.8) is 0 Å². The van der Waals surface area contributed by atoms with Crippen LogP contribution in [0.3, 0.4) is 0 Å². The number of methoxy groups -OCH3 is 2. The fraction of sp³-hybridized carbons (Fsp3) is 0.179. The Balaban J connectivity index is 1.50. The molecule has 0 spiro atoms. The number of carbonyl (C=O) groups excluding carboxylic acids is 1. The number of nitrogens with one attached hydrogen (secondary N) is 1. The third kappa shape index (κ3) is 7.72. The van der Waals surface area contributed by atoms with E-state index >= 15 is 0 Å². The van der Waals surface area contributed by atoms with Gasteiger partial charge in [0.15, 0.2) is 0 Å². The van der Waals surface area contributed by atoms with Crippen LogP contribution in [-0.4, -0.2) is 33.6 Å². The average Bonchev–Trinajstić information content (AvgIpc) is 3.46. The van der Waals surface area contributed by atoms with Crippen molar-refractivity contribution >= 4 is 21.8 Å². The van der Waals surface area contributed by atoms with Gasteiger partial charge in [0.25, 0.3) is 0 Å². The molecule has 1 N–H and O–H groups in total. The van der Waals surface area contributed by atoms with Crippen LogP contribution in [0.2, 0.25) is 0 Å². The number of benzene rings is 3. The molecule has 0 aliphatic heterocycles. The lowest BCUT2D eigenvalue weighted by Crippen LogP contribution is -2.34. The van der Waals surface area contributed by atoms with Gasteiger partial charge in [0, 0.05) is 30.4 Å². The fourth-order valence-corrected chi connectivity index (χ4v) is 4.72. The van der Waals surface area contributed by atoms with E-state index in [1.165, 1.54) is 49.6 Å². The van der Waals surface area contributed by atoms with Crippen LogP contribution < -0.4 is 19.0 Å². The second-order valence-corrected chi connectivity index (χ2v) is 10.2. The summed E-state index contributed by atoms with van der Waals surface area (Å²) in [5, 5.41) is 2.80. The quantitative estimate of drug-likeness (QED) is 0.216. The number of halogens is 3. The molecule has 3 aromatic carbocycles. The van der Waals surface area contributed by atoms with Crippen molar-refractivity contribution in [1.29, 1.82) is 0 Å². The van der Waals surface area contributed by atoms with Gasteiger partial charge in [0.05, 0.1) is 32.6 Å². The van der Waals surface area contributed by atoms with Gasteiger partial charge in [0.2, 0.25) is 0 Å². The van der Waals surface area contributed by atoms with Gasteiger partial charge in [-0.2, -0.15) is 21.6 Å². The highest BCUT2D eigenvalue weighted by Gasteiger charge is 2.32. The third-order valence-electron chi connectivity index (χ3n) is 5.77. The second-order valence-electron chi connectivity index (χ2n) is 8.67. The van der Waals surface area contributed by atoms with Gasteiger partial charge in [0.1, 0.15) is 27.9 Å². The number of ether oxygens (including phenoxy) is 2. The minimum Gasteiger partial charge on any atom is -0.497 e. The van der Waals surface area contributed by atoms with E-state index in [-0.39, 0.29) is 18.8 Å². The molecule has 1 heterocycles. The zero-order chi connectivity index (χ0) is 29.6. The highest BCUT2D eigenvalue weighted by molar-refractivity contribution is 7.87. The van der Waals surface area contributed by atoms with Gasteiger partial charge < -0.3 is 28.3 Å². The molecular formula is C28H25F3N2O7S. The maximum absolute atomic E-state index is 13.3. The number of alkyl halides is 3. The SMILES string of the molecule is COc1cc(NC(=O)N(Cc2ccc(OS(=O)(=O)c3cccc(C(F)(F)F)c3)cc2)Cc2ccco2)cc(OC)c1. The lowest BCUT2D eigenvalue weighted by atomic mass is 10.2. The molecule has 1 aromatic heterocycles. The van der Waals surface area contributed by atoms with Crippen LogP contribution in [0.25, 0.3) is 0 Å². The number of furan rings is 1. The Bertz CT molecular complexity index is 1570. The highest BCUT2D eigenvalue weighted by atomic mass is 32.2. The first-order chi connectivity index (χ1) is 19.5. The normalized spacial score (nSPS) is 11.5. The molecule has 2 amide bonds. The lowest BCUT2D eigenvalue weighted by Gasteiger charge is -2.23. The summed E-state index contributed by atoms with van der Waals surface area (Å²) in [4.78, 5) is 14.1. The Morgan fingerprint density at radius 2 is 1.56 bits per heavy atom. The molecule has 13 heteroatoms. The van der Waals surface area contributed by atoms with Crippen molar-refractivity contribution in [3.8, 4) is 17.2 Å². The van der Waals surface area contributed by atoms with E-state index in [9.17, 15) is 26.4 Å². The zero-order valence-corrected chi connectivity index (χ0v) is 22.7.